The number of ether oxygens (including phenoxy) is 1. The number of anilines is 1. The van der Waals surface area contributed by atoms with Gasteiger partial charge < -0.3 is 15.2 Å². The second kappa shape index (κ2) is 4.11. The molecular weight excluding hydrogens is 190 g/mol. The first-order valence-corrected chi connectivity index (χ1v) is 5.40. The Kier molecular flexibility index (Phi) is 2.82. The minimum atomic E-state index is 0.136. The highest BCUT2D eigenvalue weighted by Crippen LogP contribution is 2.37. The summed E-state index contributed by atoms with van der Waals surface area (Å²) in [5, 5.41) is 12.5. The first-order valence-electron chi connectivity index (χ1n) is 5.40. The van der Waals surface area contributed by atoms with E-state index in [9.17, 15) is 5.11 Å². The molecule has 0 saturated carbocycles. The first-order chi connectivity index (χ1) is 7.26. The molecule has 2 unspecified atom stereocenters. The molecule has 2 N–H and O–H groups in total. The normalized spacial score (nSPS) is 23.4. The smallest absolute Gasteiger partial charge is 0.121 e. The van der Waals surface area contributed by atoms with Crippen molar-refractivity contribution in [2.45, 2.75) is 25.8 Å². The Hall–Kier alpha value is -1.22. The highest BCUT2D eigenvalue weighted by atomic mass is 16.5. The number of nitrogens with one attached hydrogen (secondary N) is 1. The van der Waals surface area contributed by atoms with Crippen molar-refractivity contribution in [3.63, 3.8) is 0 Å². The second-order valence-corrected chi connectivity index (χ2v) is 3.90. The van der Waals surface area contributed by atoms with E-state index in [1.54, 1.807) is 0 Å². The highest BCUT2D eigenvalue weighted by molar-refractivity contribution is 5.62. The van der Waals surface area contributed by atoms with Crippen LogP contribution in [-0.4, -0.2) is 24.4 Å². The predicted molar refractivity (Wildman–Crippen MR) is 60.5 cm³/mol. The Labute approximate surface area is 90.1 Å². The summed E-state index contributed by atoms with van der Waals surface area (Å²) in [4.78, 5) is 0. The van der Waals surface area contributed by atoms with Crippen LogP contribution in [0.5, 0.6) is 5.75 Å². The zero-order chi connectivity index (χ0) is 10.8. The Morgan fingerprint density at radius 3 is 2.93 bits per heavy atom. The lowest BCUT2D eigenvalue weighted by Gasteiger charge is -2.12. The molecule has 0 spiro atoms. The molecule has 0 aromatic heterocycles. The van der Waals surface area contributed by atoms with E-state index < -0.39 is 0 Å². The van der Waals surface area contributed by atoms with Gasteiger partial charge in [-0.2, -0.15) is 0 Å². The van der Waals surface area contributed by atoms with Gasteiger partial charge in [-0.25, -0.2) is 0 Å². The number of benzene rings is 1. The number of fused-ring (bicyclic) bond motifs is 1. The van der Waals surface area contributed by atoms with E-state index in [-0.39, 0.29) is 12.6 Å². The van der Waals surface area contributed by atoms with E-state index >= 15 is 0 Å². The summed E-state index contributed by atoms with van der Waals surface area (Å²) >= 11 is 0. The molecule has 1 aromatic carbocycles. The molecule has 0 aliphatic carbocycles. The van der Waals surface area contributed by atoms with Crippen LogP contribution >= 0.6 is 0 Å². The Bertz CT molecular complexity index is 351. The molecule has 0 amide bonds. The second-order valence-electron chi connectivity index (χ2n) is 3.90. The van der Waals surface area contributed by atoms with E-state index in [2.05, 4.69) is 18.3 Å². The maximum Gasteiger partial charge on any atom is 0.121 e. The molecular formula is C12H17NO2. The van der Waals surface area contributed by atoms with Crippen molar-refractivity contribution in [3.8, 4) is 5.75 Å². The van der Waals surface area contributed by atoms with Crippen LogP contribution < -0.4 is 10.1 Å². The van der Waals surface area contributed by atoms with Crippen LogP contribution in [0.25, 0.3) is 0 Å². The molecule has 0 radical (unpaired) electrons. The topological polar surface area (TPSA) is 41.5 Å². The van der Waals surface area contributed by atoms with E-state index in [0.29, 0.717) is 12.5 Å². The zero-order valence-electron chi connectivity index (χ0n) is 9.16. The molecule has 2 atom stereocenters. The van der Waals surface area contributed by atoms with Crippen molar-refractivity contribution >= 4 is 5.69 Å². The van der Waals surface area contributed by atoms with Crippen LogP contribution in [0.2, 0.25) is 0 Å². The standard InChI is InChI=1S/C12H17NO2/c1-3-15-9-4-5-10-8(2)12(7-14)13-11(10)6-9/h4-6,8,12-14H,3,7H2,1-2H3. The van der Waals surface area contributed by atoms with E-state index in [4.69, 9.17) is 4.74 Å². The van der Waals surface area contributed by atoms with Crippen LogP contribution in [0, 0.1) is 0 Å². The lowest BCUT2D eigenvalue weighted by Crippen LogP contribution is -2.22. The summed E-state index contributed by atoms with van der Waals surface area (Å²) in [6.07, 6.45) is 0. The summed E-state index contributed by atoms with van der Waals surface area (Å²) in [6, 6.07) is 6.20. The van der Waals surface area contributed by atoms with E-state index in [1.807, 2.05) is 19.1 Å². The van der Waals surface area contributed by atoms with Crippen LogP contribution in [-0.2, 0) is 0 Å². The fourth-order valence-corrected chi connectivity index (χ4v) is 2.06. The van der Waals surface area contributed by atoms with E-state index in [1.165, 1.54) is 5.56 Å². The van der Waals surface area contributed by atoms with Gasteiger partial charge in [-0.15, -0.1) is 0 Å². The number of rotatable bonds is 3. The molecule has 1 aromatic rings. The van der Waals surface area contributed by atoms with Gasteiger partial charge in [0.25, 0.3) is 0 Å². The minimum absolute atomic E-state index is 0.136. The number of hydrogen-bond donors (Lipinski definition) is 2. The molecule has 1 heterocycles. The predicted octanol–water partition coefficient (Wildman–Crippen LogP) is 1.98. The van der Waals surface area contributed by atoms with Gasteiger partial charge >= 0.3 is 0 Å². The zero-order valence-corrected chi connectivity index (χ0v) is 9.16. The van der Waals surface area contributed by atoms with Crippen LogP contribution in [0.1, 0.15) is 25.3 Å². The lowest BCUT2D eigenvalue weighted by molar-refractivity contribution is 0.266. The van der Waals surface area contributed by atoms with Gasteiger partial charge in [0.1, 0.15) is 5.75 Å². The van der Waals surface area contributed by atoms with Crippen molar-refractivity contribution in [2.75, 3.05) is 18.5 Å². The summed E-state index contributed by atoms with van der Waals surface area (Å²) in [6.45, 7) is 4.94. The molecule has 1 aliphatic heterocycles. The van der Waals surface area contributed by atoms with Gasteiger partial charge in [-0.3, -0.25) is 0 Å². The summed E-state index contributed by atoms with van der Waals surface area (Å²) < 4.78 is 5.43. The van der Waals surface area contributed by atoms with Gasteiger partial charge in [-0.05, 0) is 18.6 Å². The van der Waals surface area contributed by atoms with Crippen molar-refractivity contribution in [1.82, 2.24) is 0 Å². The average Bonchev–Trinajstić information content (AvgIpc) is 2.56. The van der Waals surface area contributed by atoms with Crippen molar-refractivity contribution < 1.29 is 9.84 Å². The fraction of sp³-hybridized carbons (Fsp3) is 0.500. The molecule has 1 aliphatic rings. The van der Waals surface area contributed by atoms with Gasteiger partial charge in [0.05, 0.1) is 19.3 Å². The largest absolute Gasteiger partial charge is 0.494 e. The molecule has 15 heavy (non-hydrogen) atoms. The maximum atomic E-state index is 9.19. The third-order valence-corrected chi connectivity index (χ3v) is 2.97. The monoisotopic (exact) mass is 207 g/mol. The quantitative estimate of drug-likeness (QED) is 0.796. The third kappa shape index (κ3) is 1.79. The SMILES string of the molecule is CCOc1ccc2c(c1)NC(CO)C2C. The highest BCUT2D eigenvalue weighted by Gasteiger charge is 2.27. The van der Waals surface area contributed by atoms with Crippen LogP contribution in [0.4, 0.5) is 5.69 Å². The molecule has 3 heteroatoms. The number of aliphatic hydroxyl groups is 1. The summed E-state index contributed by atoms with van der Waals surface area (Å²) in [5.74, 6) is 1.25. The Morgan fingerprint density at radius 1 is 1.47 bits per heavy atom. The molecule has 82 valence electrons. The van der Waals surface area contributed by atoms with Crippen molar-refractivity contribution in [1.29, 1.82) is 0 Å². The van der Waals surface area contributed by atoms with Crippen LogP contribution in [0.3, 0.4) is 0 Å². The molecule has 2 rings (SSSR count). The number of aliphatic hydroxyl groups excluding tert-OH is 1. The van der Waals surface area contributed by atoms with Crippen molar-refractivity contribution in [2.24, 2.45) is 0 Å². The fourth-order valence-electron chi connectivity index (χ4n) is 2.06. The van der Waals surface area contributed by atoms with Gasteiger partial charge in [0, 0.05) is 17.7 Å². The maximum absolute atomic E-state index is 9.19. The molecule has 0 saturated heterocycles. The summed E-state index contributed by atoms with van der Waals surface area (Å²) in [7, 11) is 0. The van der Waals surface area contributed by atoms with Crippen LogP contribution in [0.15, 0.2) is 18.2 Å². The number of hydrogen-bond acceptors (Lipinski definition) is 3. The van der Waals surface area contributed by atoms with Crippen molar-refractivity contribution in [3.05, 3.63) is 23.8 Å². The Balaban J connectivity index is 2.26. The summed E-state index contributed by atoms with van der Waals surface area (Å²) in [5.41, 5.74) is 2.35. The molecule has 0 fully saturated rings. The minimum Gasteiger partial charge on any atom is -0.494 e. The Morgan fingerprint density at radius 2 is 2.27 bits per heavy atom. The van der Waals surface area contributed by atoms with E-state index in [0.717, 1.165) is 11.4 Å². The van der Waals surface area contributed by atoms with Gasteiger partial charge in [-0.1, -0.05) is 13.0 Å². The lowest BCUT2D eigenvalue weighted by atomic mass is 9.98. The molecule has 3 nitrogen and oxygen atoms in total. The average molecular weight is 207 g/mol. The van der Waals surface area contributed by atoms with Gasteiger partial charge in [0.15, 0.2) is 0 Å². The molecule has 0 bridgehead atoms. The van der Waals surface area contributed by atoms with Gasteiger partial charge in [0.2, 0.25) is 0 Å². The third-order valence-electron chi connectivity index (χ3n) is 2.97. The first kappa shape index (κ1) is 10.3.